The van der Waals surface area contributed by atoms with E-state index in [-0.39, 0.29) is 0 Å². The van der Waals surface area contributed by atoms with E-state index in [0.29, 0.717) is 16.5 Å². The number of hydrogen-bond acceptors (Lipinski definition) is 2. The SMILES string of the molecule is CC(C)c1ccc(Sc2cc(Cl)ccc2C#N)cc1. The van der Waals surface area contributed by atoms with E-state index in [1.807, 2.05) is 6.07 Å². The Bertz CT molecular complexity index is 612. The lowest BCUT2D eigenvalue weighted by Crippen LogP contribution is -1.86. The second-order valence-corrected chi connectivity index (χ2v) is 6.13. The second kappa shape index (κ2) is 6.14. The number of nitrogens with zero attached hydrogens (tertiary/aromatic N) is 1. The van der Waals surface area contributed by atoms with Gasteiger partial charge < -0.3 is 0 Å². The first-order chi connectivity index (χ1) is 9.10. The van der Waals surface area contributed by atoms with Crippen LogP contribution in [-0.4, -0.2) is 0 Å². The largest absolute Gasteiger partial charge is 0.192 e. The normalized spacial score (nSPS) is 10.5. The van der Waals surface area contributed by atoms with Crippen LogP contribution >= 0.6 is 23.4 Å². The summed E-state index contributed by atoms with van der Waals surface area (Å²) in [5, 5.41) is 9.75. The average Bonchev–Trinajstić information content (AvgIpc) is 2.39. The number of nitriles is 1. The summed E-state index contributed by atoms with van der Waals surface area (Å²) < 4.78 is 0. The fraction of sp³-hybridized carbons (Fsp3) is 0.188. The van der Waals surface area contributed by atoms with Crippen LogP contribution in [0.5, 0.6) is 0 Å². The molecule has 0 saturated heterocycles. The first-order valence-corrected chi connectivity index (χ1v) is 7.27. The highest BCUT2D eigenvalue weighted by Crippen LogP contribution is 2.32. The number of rotatable bonds is 3. The lowest BCUT2D eigenvalue weighted by atomic mass is 10.0. The van der Waals surface area contributed by atoms with Crippen LogP contribution in [0.2, 0.25) is 5.02 Å². The van der Waals surface area contributed by atoms with Gasteiger partial charge in [0, 0.05) is 14.8 Å². The monoisotopic (exact) mass is 287 g/mol. The molecule has 0 aliphatic rings. The van der Waals surface area contributed by atoms with Crippen LogP contribution in [0.15, 0.2) is 52.3 Å². The van der Waals surface area contributed by atoms with E-state index in [1.54, 1.807) is 23.9 Å². The quantitative estimate of drug-likeness (QED) is 0.745. The summed E-state index contributed by atoms with van der Waals surface area (Å²) in [7, 11) is 0. The van der Waals surface area contributed by atoms with E-state index in [2.05, 4.69) is 44.2 Å². The van der Waals surface area contributed by atoms with E-state index in [1.165, 1.54) is 5.56 Å². The van der Waals surface area contributed by atoms with Crippen LogP contribution in [0.1, 0.15) is 30.9 Å². The molecule has 0 aliphatic heterocycles. The molecule has 0 N–H and O–H groups in total. The predicted octanol–water partition coefficient (Wildman–Crippen LogP) is 5.49. The summed E-state index contributed by atoms with van der Waals surface area (Å²) >= 11 is 7.55. The Labute approximate surface area is 123 Å². The molecule has 0 fully saturated rings. The molecular weight excluding hydrogens is 274 g/mol. The molecule has 0 amide bonds. The van der Waals surface area contributed by atoms with E-state index in [0.717, 1.165) is 9.79 Å². The van der Waals surface area contributed by atoms with Crippen molar-refractivity contribution in [2.45, 2.75) is 29.6 Å². The number of hydrogen-bond donors (Lipinski definition) is 0. The zero-order valence-corrected chi connectivity index (χ0v) is 12.4. The molecule has 2 aromatic carbocycles. The minimum Gasteiger partial charge on any atom is -0.192 e. The van der Waals surface area contributed by atoms with Crippen molar-refractivity contribution < 1.29 is 0 Å². The molecule has 19 heavy (non-hydrogen) atoms. The maximum absolute atomic E-state index is 9.10. The van der Waals surface area contributed by atoms with Crippen molar-refractivity contribution in [3.63, 3.8) is 0 Å². The fourth-order valence-corrected chi connectivity index (χ4v) is 2.89. The minimum atomic E-state index is 0.528. The molecule has 0 spiro atoms. The van der Waals surface area contributed by atoms with Crippen molar-refractivity contribution >= 4 is 23.4 Å². The molecule has 2 rings (SSSR count). The standard InChI is InChI=1S/C16H14ClNS/c1-11(2)12-4-7-15(8-5-12)19-16-9-14(17)6-3-13(16)10-18/h3-9,11H,1-2H3. The number of benzene rings is 2. The van der Waals surface area contributed by atoms with Gasteiger partial charge >= 0.3 is 0 Å². The second-order valence-electron chi connectivity index (χ2n) is 4.58. The Morgan fingerprint density at radius 3 is 2.37 bits per heavy atom. The molecule has 0 atom stereocenters. The fourth-order valence-electron chi connectivity index (χ4n) is 1.72. The molecule has 0 radical (unpaired) electrons. The molecule has 0 heterocycles. The summed E-state index contributed by atoms with van der Waals surface area (Å²) in [5.74, 6) is 0.528. The van der Waals surface area contributed by atoms with Crippen LogP contribution in [0.25, 0.3) is 0 Å². The molecule has 0 aromatic heterocycles. The highest BCUT2D eigenvalue weighted by Gasteiger charge is 2.06. The van der Waals surface area contributed by atoms with Gasteiger partial charge in [-0.3, -0.25) is 0 Å². The maximum Gasteiger partial charge on any atom is 0.100 e. The van der Waals surface area contributed by atoms with Gasteiger partial charge in [-0.25, -0.2) is 0 Å². The van der Waals surface area contributed by atoms with E-state index < -0.39 is 0 Å². The molecular formula is C16H14ClNS. The Morgan fingerprint density at radius 2 is 1.79 bits per heavy atom. The summed E-state index contributed by atoms with van der Waals surface area (Å²) in [6.07, 6.45) is 0. The topological polar surface area (TPSA) is 23.8 Å². The highest BCUT2D eigenvalue weighted by atomic mass is 35.5. The van der Waals surface area contributed by atoms with Crippen molar-refractivity contribution in [1.82, 2.24) is 0 Å². The Hall–Kier alpha value is -1.43. The van der Waals surface area contributed by atoms with Crippen molar-refractivity contribution in [2.24, 2.45) is 0 Å². The number of halogens is 1. The third-order valence-electron chi connectivity index (χ3n) is 2.84. The van der Waals surface area contributed by atoms with Crippen LogP contribution in [0, 0.1) is 11.3 Å². The third-order valence-corrected chi connectivity index (χ3v) is 4.14. The smallest absolute Gasteiger partial charge is 0.100 e. The molecule has 96 valence electrons. The molecule has 2 aromatic rings. The van der Waals surface area contributed by atoms with Crippen LogP contribution in [-0.2, 0) is 0 Å². The van der Waals surface area contributed by atoms with Crippen molar-refractivity contribution in [3.05, 3.63) is 58.6 Å². The first kappa shape index (κ1) is 14.0. The third kappa shape index (κ3) is 3.53. The molecule has 3 heteroatoms. The van der Waals surface area contributed by atoms with Crippen LogP contribution in [0.4, 0.5) is 0 Å². The molecule has 0 unspecified atom stereocenters. The van der Waals surface area contributed by atoms with Gasteiger partial charge in [0.1, 0.15) is 6.07 Å². The molecule has 0 saturated carbocycles. The van der Waals surface area contributed by atoms with Crippen molar-refractivity contribution in [3.8, 4) is 6.07 Å². The summed E-state index contributed by atoms with van der Waals surface area (Å²) in [6, 6.07) is 16.0. The zero-order chi connectivity index (χ0) is 13.8. The first-order valence-electron chi connectivity index (χ1n) is 6.07. The van der Waals surface area contributed by atoms with Gasteiger partial charge in [0.05, 0.1) is 5.56 Å². The van der Waals surface area contributed by atoms with Gasteiger partial charge in [0.15, 0.2) is 0 Å². The van der Waals surface area contributed by atoms with Gasteiger partial charge in [0.2, 0.25) is 0 Å². The summed E-state index contributed by atoms with van der Waals surface area (Å²) in [4.78, 5) is 2.01. The van der Waals surface area contributed by atoms with Crippen molar-refractivity contribution in [2.75, 3.05) is 0 Å². The summed E-state index contributed by atoms with van der Waals surface area (Å²) in [6.45, 7) is 4.35. The predicted molar refractivity (Wildman–Crippen MR) is 80.8 cm³/mol. The van der Waals surface area contributed by atoms with Crippen LogP contribution in [0.3, 0.4) is 0 Å². The van der Waals surface area contributed by atoms with E-state index >= 15 is 0 Å². The Kier molecular flexibility index (Phi) is 4.52. The minimum absolute atomic E-state index is 0.528. The Balaban J connectivity index is 2.26. The van der Waals surface area contributed by atoms with Gasteiger partial charge in [-0.05, 0) is 41.8 Å². The van der Waals surface area contributed by atoms with E-state index in [9.17, 15) is 0 Å². The van der Waals surface area contributed by atoms with Crippen molar-refractivity contribution in [1.29, 1.82) is 5.26 Å². The maximum atomic E-state index is 9.10. The van der Waals surface area contributed by atoms with Gasteiger partial charge in [0.25, 0.3) is 0 Å². The lowest BCUT2D eigenvalue weighted by Gasteiger charge is -2.08. The molecule has 0 bridgehead atoms. The van der Waals surface area contributed by atoms with Crippen LogP contribution < -0.4 is 0 Å². The van der Waals surface area contributed by atoms with Gasteiger partial charge in [-0.15, -0.1) is 0 Å². The molecule has 1 nitrogen and oxygen atoms in total. The Morgan fingerprint density at radius 1 is 1.11 bits per heavy atom. The lowest BCUT2D eigenvalue weighted by molar-refractivity contribution is 0.865. The van der Waals surface area contributed by atoms with Gasteiger partial charge in [-0.1, -0.05) is 49.3 Å². The molecule has 0 aliphatic carbocycles. The van der Waals surface area contributed by atoms with E-state index in [4.69, 9.17) is 16.9 Å². The summed E-state index contributed by atoms with van der Waals surface area (Å²) in [5.41, 5.74) is 1.97. The highest BCUT2D eigenvalue weighted by molar-refractivity contribution is 7.99. The zero-order valence-electron chi connectivity index (χ0n) is 10.9. The average molecular weight is 288 g/mol. The van der Waals surface area contributed by atoms with Gasteiger partial charge in [-0.2, -0.15) is 5.26 Å².